The van der Waals surface area contributed by atoms with Crippen molar-refractivity contribution < 1.29 is 15.1 Å². The summed E-state index contributed by atoms with van der Waals surface area (Å²) in [5.74, 6) is 0.260. The lowest BCUT2D eigenvalue weighted by molar-refractivity contribution is -0.117. The van der Waals surface area contributed by atoms with Crippen LogP contribution in [0.25, 0.3) is 0 Å². The zero-order chi connectivity index (χ0) is 9.97. The Morgan fingerprint density at radius 1 is 1.36 bits per heavy atom. The van der Waals surface area contributed by atoms with Gasteiger partial charge in [0.15, 0.2) is 0 Å². The smallest absolute Gasteiger partial charge is 0.115 e. The van der Waals surface area contributed by atoms with Crippen molar-refractivity contribution in [2.24, 2.45) is 0 Å². The van der Waals surface area contributed by atoms with Gasteiger partial charge in [-0.15, -0.1) is 0 Å². The SMILES string of the molecule is Oc1ccc(CN2C[C@@H](O)CO2)cc1. The van der Waals surface area contributed by atoms with E-state index in [2.05, 4.69) is 0 Å². The number of benzene rings is 1. The van der Waals surface area contributed by atoms with Crippen molar-refractivity contribution in [2.75, 3.05) is 13.2 Å². The fraction of sp³-hybridized carbons (Fsp3) is 0.400. The first-order valence-corrected chi connectivity index (χ1v) is 4.58. The van der Waals surface area contributed by atoms with Gasteiger partial charge in [0.2, 0.25) is 0 Å². The Kier molecular flexibility index (Phi) is 2.67. The van der Waals surface area contributed by atoms with Crippen LogP contribution in [0.5, 0.6) is 5.75 Å². The number of rotatable bonds is 2. The monoisotopic (exact) mass is 195 g/mol. The van der Waals surface area contributed by atoms with Crippen molar-refractivity contribution >= 4 is 0 Å². The molecule has 4 heteroatoms. The molecule has 1 heterocycles. The third kappa shape index (κ3) is 2.23. The minimum absolute atomic E-state index is 0.260. The molecule has 0 saturated carbocycles. The number of hydrogen-bond acceptors (Lipinski definition) is 4. The Morgan fingerprint density at radius 2 is 2.07 bits per heavy atom. The number of hydrogen-bond donors (Lipinski definition) is 2. The molecule has 1 saturated heterocycles. The fourth-order valence-electron chi connectivity index (χ4n) is 1.45. The average Bonchev–Trinajstić information content (AvgIpc) is 2.56. The highest BCUT2D eigenvalue weighted by Gasteiger charge is 2.20. The molecule has 0 aromatic heterocycles. The van der Waals surface area contributed by atoms with Gasteiger partial charge < -0.3 is 10.2 Å². The van der Waals surface area contributed by atoms with Crippen molar-refractivity contribution in [1.82, 2.24) is 5.06 Å². The summed E-state index contributed by atoms with van der Waals surface area (Å²) in [7, 11) is 0. The quantitative estimate of drug-likeness (QED) is 0.721. The Morgan fingerprint density at radius 3 is 2.64 bits per heavy atom. The van der Waals surface area contributed by atoms with E-state index in [1.54, 1.807) is 17.2 Å². The maximum Gasteiger partial charge on any atom is 0.115 e. The molecular weight excluding hydrogens is 182 g/mol. The van der Waals surface area contributed by atoms with E-state index in [1.807, 2.05) is 12.1 Å². The predicted octanol–water partition coefficient (Wildman–Crippen LogP) is 0.500. The Balaban J connectivity index is 1.94. The molecule has 14 heavy (non-hydrogen) atoms. The van der Waals surface area contributed by atoms with E-state index in [4.69, 9.17) is 9.94 Å². The topological polar surface area (TPSA) is 52.9 Å². The van der Waals surface area contributed by atoms with E-state index in [-0.39, 0.29) is 11.9 Å². The van der Waals surface area contributed by atoms with Crippen molar-refractivity contribution in [3.8, 4) is 5.75 Å². The van der Waals surface area contributed by atoms with Crippen LogP contribution < -0.4 is 0 Å². The van der Waals surface area contributed by atoms with Crippen LogP contribution in [0.2, 0.25) is 0 Å². The normalized spacial score (nSPS) is 22.8. The zero-order valence-electron chi connectivity index (χ0n) is 7.76. The van der Waals surface area contributed by atoms with E-state index in [9.17, 15) is 5.11 Å². The number of aliphatic hydroxyl groups is 1. The van der Waals surface area contributed by atoms with Gasteiger partial charge in [0, 0.05) is 6.54 Å². The minimum Gasteiger partial charge on any atom is -0.508 e. The number of aliphatic hydroxyl groups excluding tert-OH is 1. The summed E-state index contributed by atoms with van der Waals surface area (Å²) in [4.78, 5) is 5.22. The average molecular weight is 195 g/mol. The molecule has 0 amide bonds. The lowest BCUT2D eigenvalue weighted by Gasteiger charge is -2.13. The first kappa shape index (κ1) is 9.45. The van der Waals surface area contributed by atoms with Crippen LogP contribution in [0.15, 0.2) is 24.3 Å². The summed E-state index contributed by atoms with van der Waals surface area (Å²) in [6.45, 7) is 1.55. The molecule has 0 radical (unpaired) electrons. The Labute approximate surface area is 82.3 Å². The van der Waals surface area contributed by atoms with E-state index in [1.165, 1.54) is 0 Å². The van der Waals surface area contributed by atoms with Crippen LogP contribution in [-0.2, 0) is 11.4 Å². The van der Waals surface area contributed by atoms with Crippen LogP contribution in [0, 0.1) is 0 Å². The molecule has 0 bridgehead atoms. The molecule has 1 aliphatic heterocycles. The van der Waals surface area contributed by atoms with Crippen LogP contribution >= 0.6 is 0 Å². The van der Waals surface area contributed by atoms with E-state index in [0.29, 0.717) is 19.7 Å². The second-order valence-corrected chi connectivity index (χ2v) is 3.44. The Hall–Kier alpha value is -1.10. The number of β-amino-alcohol motifs (C(OH)–C–C–N with tert-alkyl or cyclic N) is 1. The van der Waals surface area contributed by atoms with Crippen LogP contribution in [-0.4, -0.2) is 34.5 Å². The van der Waals surface area contributed by atoms with Gasteiger partial charge in [-0.1, -0.05) is 12.1 Å². The molecule has 1 atom stereocenters. The van der Waals surface area contributed by atoms with Crippen LogP contribution in [0.3, 0.4) is 0 Å². The third-order valence-electron chi connectivity index (χ3n) is 2.16. The molecule has 2 rings (SSSR count). The Bertz CT molecular complexity index is 299. The highest BCUT2D eigenvalue weighted by molar-refractivity contribution is 5.25. The largest absolute Gasteiger partial charge is 0.508 e. The van der Waals surface area contributed by atoms with Crippen LogP contribution in [0.1, 0.15) is 5.56 Å². The molecule has 4 nitrogen and oxygen atoms in total. The number of phenolic OH excluding ortho intramolecular Hbond substituents is 1. The zero-order valence-corrected chi connectivity index (χ0v) is 7.76. The van der Waals surface area contributed by atoms with Crippen molar-refractivity contribution in [2.45, 2.75) is 12.6 Å². The second-order valence-electron chi connectivity index (χ2n) is 3.44. The van der Waals surface area contributed by atoms with Crippen molar-refractivity contribution in [3.05, 3.63) is 29.8 Å². The number of hydroxylamine groups is 2. The summed E-state index contributed by atoms with van der Waals surface area (Å²) in [5.41, 5.74) is 1.05. The molecule has 1 fully saturated rings. The highest BCUT2D eigenvalue weighted by Crippen LogP contribution is 2.14. The van der Waals surface area contributed by atoms with Gasteiger partial charge in [-0.25, -0.2) is 0 Å². The van der Waals surface area contributed by atoms with Crippen molar-refractivity contribution in [1.29, 1.82) is 0 Å². The van der Waals surface area contributed by atoms with Crippen LogP contribution in [0.4, 0.5) is 0 Å². The van der Waals surface area contributed by atoms with Gasteiger partial charge in [0.25, 0.3) is 0 Å². The standard InChI is InChI=1S/C10H13NO3/c12-9-3-1-8(2-4-9)5-11-6-10(13)7-14-11/h1-4,10,12-13H,5-7H2/t10-/m1/s1. The molecule has 0 unspecified atom stereocenters. The molecule has 1 aromatic rings. The number of aromatic hydroxyl groups is 1. The second kappa shape index (κ2) is 3.96. The van der Waals surface area contributed by atoms with Gasteiger partial charge in [-0.2, -0.15) is 5.06 Å². The summed E-state index contributed by atoms with van der Waals surface area (Å²) in [6, 6.07) is 6.95. The van der Waals surface area contributed by atoms with Gasteiger partial charge in [0.05, 0.1) is 19.3 Å². The number of nitrogens with zero attached hydrogens (tertiary/aromatic N) is 1. The molecule has 1 aliphatic rings. The van der Waals surface area contributed by atoms with E-state index in [0.717, 1.165) is 5.56 Å². The van der Waals surface area contributed by atoms with E-state index < -0.39 is 0 Å². The molecule has 0 spiro atoms. The molecule has 2 N–H and O–H groups in total. The van der Waals surface area contributed by atoms with Gasteiger partial charge >= 0.3 is 0 Å². The fourth-order valence-corrected chi connectivity index (χ4v) is 1.45. The maximum absolute atomic E-state index is 9.22. The molecule has 76 valence electrons. The van der Waals surface area contributed by atoms with Crippen molar-refractivity contribution in [3.63, 3.8) is 0 Å². The number of phenols is 1. The molecular formula is C10H13NO3. The van der Waals surface area contributed by atoms with Gasteiger partial charge in [-0.05, 0) is 17.7 Å². The summed E-state index contributed by atoms with van der Waals surface area (Å²) < 4.78 is 0. The predicted molar refractivity (Wildman–Crippen MR) is 50.5 cm³/mol. The van der Waals surface area contributed by atoms with E-state index >= 15 is 0 Å². The first-order chi connectivity index (χ1) is 6.74. The lowest BCUT2D eigenvalue weighted by Crippen LogP contribution is -2.20. The minimum atomic E-state index is -0.382. The highest BCUT2D eigenvalue weighted by atomic mass is 16.7. The summed E-state index contributed by atoms with van der Waals surface area (Å²) >= 11 is 0. The summed E-state index contributed by atoms with van der Waals surface area (Å²) in [5, 5.41) is 20.0. The molecule has 0 aliphatic carbocycles. The molecule has 1 aromatic carbocycles. The lowest BCUT2D eigenvalue weighted by atomic mass is 10.2. The summed E-state index contributed by atoms with van der Waals surface area (Å²) in [6.07, 6.45) is -0.382. The van der Waals surface area contributed by atoms with Gasteiger partial charge in [0.1, 0.15) is 5.75 Å². The maximum atomic E-state index is 9.22. The van der Waals surface area contributed by atoms with Gasteiger partial charge in [-0.3, -0.25) is 4.84 Å². The first-order valence-electron chi connectivity index (χ1n) is 4.58. The third-order valence-corrected chi connectivity index (χ3v) is 2.16.